The third kappa shape index (κ3) is 4.71. The summed E-state index contributed by atoms with van der Waals surface area (Å²) in [4.78, 5) is 4.39. The molecule has 5 heteroatoms. The van der Waals surface area contributed by atoms with Crippen molar-refractivity contribution in [3.8, 4) is 5.75 Å². The SMILES string of the molecule is CCc1cc(Nc2ccnc3cc(Cl)ccc23)cc(CNC(C)(C)C)c1O. The molecule has 0 spiro atoms. The molecule has 0 saturated heterocycles. The van der Waals surface area contributed by atoms with Gasteiger partial charge >= 0.3 is 0 Å². The van der Waals surface area contributed by atoms with Gasteiger partial charge in [-0.05, 0) is 69.2 Å². The number of aromatic hydroxyl groups is 1. The highest BCUT2D eigenvalue weighted by Crippen LogP contribution is 2.32. The van der Waals surface area contributed by atoms with Crippen LogP contribution in [0.2, 0.25) is 5.02 Å². The van der Waals surface area contributed by atoms with E-state index in [1.165, 1.54) is 0 Å². The van der Waals surface area contributed by atoms with Gasteiger partial charge in [-0.2, -0.15) is 0 Å². The molecule has 4 nitrogen and oxygen atoms in total. The molecule has 0 aliphatic heterocycles. The van der Waals surface area contributed by atoms with Crippen molar-refractivity contribution in [2.75, 3.05) is 5.32 Å². The van der Waals surface area contributed by atoms with Crippen LogP contribution >= 0.6 is 11.6 Å². The summed E-state index contributed by atoms with van der Waals surface area (Å²) >= 11 is 6.09. The van der Waals surface area contributed by atoms with Crippen LogP contribution in [-0.2, 0) is 13.0 Å². The fourth-order valence-electron chi connectivity index (χ4n) is 2.98. The van der Waals surface area contributed by atoms with Gasteiger partial charge in [0.15, 0.2) is 0 Å². The molecule has 0 aliphatic carbocycles. The number of phenolic OH excluding ortho intramolecular Hbond substituents is 1. The lowest BCUT2D eigenvalue weighted by Gasteiger charge is -2.22. The Balaban J connectivity index is 1.97. The van der Waals surface area contributed by atoms with Crippen molar-refractivity contribution < 1.29 is 5.11 Å². The molecule has 3 N–H and O–H groups in total. The van der Waals surface area contributed by atoms with E-state index in [0.29, 0.717) is 17.3 Å². The Morgan fingerprint density at radius 3 is 2.52 bits per heavy atom. The number of rotatable bonds is 5. The monoisotopic (exact) mass is 383 g/mol. The number of aryl methyl sites for hydroxylation is 1. The van der Waals surface area contributed by atoms with Crippen molar-refractivity contribution in [3.63, 3.8) is 0 Å². The number of halogens is 1. The van der Waals surface area contributed by atoms with E-state index < -0.39 is 0 Å². The molecule has 27 heavy (non-hydrogen) atoms. The third-order valence-corrected chi connectivity index (χ3v) is 4.68. The molecule has 0 aliphatic rings. The first-order chi connectivity index (χ1) is 12.8. The molecule has 0 radical (unpaired) electrons. The van der Waals surface area contributed by atoms with Gasteiger partial charge in [0, 0.05) is 45.6 Å². The molecule has 0 unspecified atom stereocenters. The van der Waals surface area contributed by atoms with Crippen LogP contribution in [0.15, 0.2) is 42.6 Å². The average molecular weight is 384 g/mol. The van der Waals surface area contributed by atoms with Gasteiger partial charge in [0.25, 0.3) is 0 Å². The number of anilines is 2. The molecule has 142 valence electrons. The molecule has 0 saturated carbocycles. The highest BCUT2D eigenvalue weighted by molar-refractivity contribution is 6.31. The van der Waals surface area contributed by atoms with Gasteiger partial charge in [-0.15, -0.1) is 0 Å². The molecule has 0 bridgehead atoms. The maximum Gasteiger partial charge on any atom is 0.123 e. The van der Waals surface area contributed by atoms with Crippen molar-refractivity contribution in [1.29, 1.82) is 0 Å². The normalized spacial score (nSPS) is 11.7. The number of benzene rings is 2. The molecule has 3 rings (SSSR count). The first-order valence-corrected chi connectivity index (χ1v) is 9.55. The molecule has 0 amide bonds. The lowest BCUT2D eigenvalue weighted by atomic mass is 10.0. The number of pyridine rings is 1. The largest absolute Gasteiger partial charge is 0.507 e. The second-order valence-electron chi connectivity index (χ2n) is 7.75. The molecule has 0 fully saturated rings. The number of hydrogen-bond donors (Lipinski definition) is 3. The Kier molecular flexibility index (Phi) is 5.59. The predicted molar refractivity (Wildman–Crippen MR) is 114 cm³/mol. The summed E-state index contributed by atoms with van der Waals surface area (Å²) in [5, 5.41) is 19.2. The van der Waals surface area contributed by atoms with Gasteiger partial charge < -0.3 is 15.7 Å². The minimum atomic E-state index is -0.0250. The standard InChI is InChI=1S/C22H26ClN3O/c1-5-14-10-17(11-15(21(14)27)13-25-22(2,3)4)26-19-8-9-24-20-12-16(23)6-7-18(19)20/h6-12,25,27H,5,13H2,1-4H3,(H,24,26). The van der Waals surface area contributed by atoms with Crippen LogP contribution in [0.5, 0.6) is 5.75 Å². The first kappa shape index (κ1) is 19.5. The van der Waals surface area contributed by atoms with E-state index in [4.69, 9.17) is 11.6 Å². The smallest absolute Gasteiger partial charge is 0.123 e. The molecular formula is C22H26ClN3O. The van der Waals surface area contributed by atoms with Crippen LogP contribution in [0.25, 0.3) is 10.9 Å². The zero-order chi connectivity index (χ0) is 19.6. The zero-order valence-electron chi connectivity index (χ0n) is 16.2. The van der Waals surface area contributed by atoms with Gasteiger partial charge in [-0.3, -0.25) is 4.98 Å². The summed E-state index contributed by atoms with van der Waals surface area (Å²) in [6, 6.07) is 11.6. The van der Waals surface area contributed by atoms with Gasteiger partial charge in [0.2, 0.25) is 0 Å². The summed E-state index contributed by atoms with van der Waals surface area (Å²) in [7, 11) is 0. The van der Waals surface area contributed by atoms with E-state index in [-0.39, 0.29) is 5.54 Å². The minimum Gasteiger partial charge on any atom is -0.507 e. The number of hydrogen-bond acceptors (Lipinski definition) is 4. The highest BCUT2D eigenvalue weighted by atomic mass is 35.5. The molecular weight excluding hydrogens is 358 g/mol. The average Bonchev–Trinajstić information content (AvgIpc) is 2.61. The molecule has 3 aromatic rings. The Morgan fingerprint density at radius 2 is 1.81 bits per heavy atom. The van der Waals surface area contributed by atoms with Crippen LogP contribution in [0.3, 0.4) is 0 Å². The second kappa shape index (κ2) is 7.75. The summed E-state index contributed by atoms with van der Waals surface area (Å²) in [6.07, 6.45) is 2.53. The first-order valence-electron chi connectivity index (χ1n) is 9.18. The highest BCUT2D eigenvalue weighted by Gasteiger charge is 2.14. The van der Waals surface area contributed by atoms with E-state index >= 15 is 0 Å². The molecule has 2 aromatic carbocycles. The molecule has 1 aromatic heterocycles. The van der Waals surface area contributed by atoms with Crippen LogP contribution in [0.4, 0.5) is 11.4 Å². The summed E-state index contributed by atoms with van der Waals surface area (Å²) < 4.78 is 0. The fourth-order valence-corrected chi connectivity index (χ4v) is 3.15. The van der Waals surface area contributed by atoms with Gasteiger partial charge in [0.05, 0.1) is 5.52 Å². The van der Waals surface area contributed by atoms with E-state index in [1.807, 2.05) is 43.3 Å². The zero-order valence-corrected chi connectivity index (χ0v) is 17.0. The predicted octanol–water partition coefficient (Wildman–Crippen LogP) is 5.79. The van der Waals surface area contributed by atoms with E-state index in [0.717, 1.165) is 39.8 Å². The van der Waals surface area contributed by atoms with Gasteiger partial charge in [0.1, 0.15) is 5.75 Å². The number of fused-ring (bicyclic) bond motifs is 1. The van der Waals surface area contributed by atoms with Crippen molar-refractivity contribution >= 4 is 33.9 Å². The van der Waals surface area contributed by atoms with E-state index in [1.54, 1.807) is 6.20 Å². The third-order valence-electron chi connectivity index (χ3n) is 4.44. The Hall–Kier alpha value is -2.30. The number of aromatic nitrogens is 1. The molecule has 1 heterocycles. The number of phenols is 1. The maximum atomic E-state index is 10.6. The van der Waals surface area contributed by atoms with Crippen molar-refractivity contribution in [2.45, 2.75) is 46.2 Å². The second-order valence-corrected chi connectivity index (χ2v) is 8.18. The van der Waals surface area contributed by atoms with Crippen molar-refractivity contribution in [3.05, 3.63) is 58.7 Å². The Morgan fingerprint density at radius 1 is 1.07 bits per heavy atom. The fraction of sp³-hybridized carbons (Fsp3) is 0.318. The topological polar surface area (TPSA) is 57.2 Å². The van der Waals surface area contributed by atoms with Crippen molar-refractivity contribution in [1.82, 2.24) is 10.3 Å². The van der Waals surface area contributed by atoms with E-state index in [9.17, 15) is 5.11 Å². The summed E-state index contributed by atoms with van der Waals surface area (Å²) in [5.41, 5.74) is 4.52. The van der Waals surface area contributed by atoms with Crippen LogP contribution in [0.1, 0.15) is 38.8 Å². The van der Waals surface area contributed by atoms with Crippen molar-refractivity contribution in [2.24, 2.45) is 0 Å². The Labute approximate surface area is 165 Å². The maximum absolute atomic E-state index is 10.6. The summed E-state index contributed by atoms with van der Waals surface area (Å²) in [5.74, 6) is 0.367. The quantitative estimate of drug-likeness (QED) is 0.488. The van der Waals surface area contributed by atoms with Gasteiger partial charge in [-0.25, -0.2) is 0 Å². The number of nitrogens with zero attached hydrogens (tertiary/aromatic N) is 1. The number of nitrogens with one attached hydrogen (secondary N) is 2. The van der Waals surface area contributed by atoms with E-state index in [2.05, 4.69) is 36.4 Å². The van der Waals surface area contributed by atoms with Crippen LogP contribution in [-0.4, -0.2) is 15.6 Å². The Bertz CT molecular complexity index is 964. The minimum absolute atomic E-state index is 0.0250. The van der Waals surface area contributed by atoms with Gasteiger partial charge in [-0.1, -0.05) is 18.5 Å². The lowest BCUT2D eigenvalue weighted by Crippen LogP contribution is -2.35. The van der Waals surface area contributed by atoms with Crippen LogP contribution < -0.4 is 10.6 Å². The van der Waals surface area contributed by atoms with Crippen LogP contribution in [0, 0.1) is 0 Å². The summed E-state index contributed by atoms with van der Waals surface area (Å²) in [6.45, 7) is 8.98. The lowest BCUT2D eigenvalue weighted by molar-refractivity contribution is 0.410. The molecule has 0 atom stereocenters.